The molecular weight excluding hydrogens is 242 g/mol. The molecule has 0 bridgehead atoms. The number of hydroxylamine groups is 2. The van der Waals surface area contributed by atoms with Crippen LogP contribution in [-0.4, -0.2) is 32.2 Å². The number of rotatable bonds is 4. The summed E-state index contributed by atoms with van der Waals surface area (Å²) >= 11 is 0. The van der Waals surface area contributed by atoms with Crippen LogP contribution in [0, 0.1) is 0 Å². The molecule has 0 aliphatic rings. The molecule has 0 atom stereocenters. The van der Waals surface area contributed by atoms with Crippen LogP contribution in [0.4, 0.5) is 0 Å². The first-order valence-corrected chi connectivity index (χ1v) is 6.25. The van der Waals surface area contributed by atoms with Crippen molar-refractivity contribution in [2.75, 3.05) is 21.3 Å². The van der Waals surface area contributed by atoms with Gasteiger partial charge in [-0.05, 0) is 28.7 Å². The molecule has 1 amide bonds. The highest BCUT2D eigenvalue weighted by atomic mass is 16.7. The van der Waals surface area contributed by atoms with E-state index in [2.05, 4.69) is 26.8 Å². The van der Waals surface area contributed by atoms with E-state index >= 15 is 0 Å². The molecule has 4 nitrogen and oxygen atoms in total. The normalized spacial score (nSPS) is 11.5. The summed E-state index contributed by atoms with van der Waals surface area (Å²) < 4.78 is 5.16. The zero-order chi connectivity index (χ0) is 14.6. The minimum Gasteiger partial charge on any atom is -0.380 e. The quantitative estimate of drug-likeness (QED) is 0.786. The van der Waals surface area contributed by atoms with E-state index in [-0.39, 0.29) is 11.3 Å². The molecule has 0 aliphatic heterocycles. The van der Waals surface area contributed by atoms with Crippen molar-refractivity contribution in [3.05, 3.63) is 34.9 Å². The zero-order valence-electron chi connectivity index (χ0n) is 12.6. The van der Waals surface area contributed by atoms with Gasteiger partial charge in [-0.1, -0.05) is 26.8 Å². The fraction of sp³-hybridized carbons (Fsp3) is 0.533. The summed E-state index contributed by atoms with van der Waals surface area (Å²) in [4.78, 5) is 17.1. The van der Waals surface area contributed by atoms with Gasteiger partial charge in [-0.25, -0.2) is 5.06 Å². The molecule has 1 aromatic carbocycles. The van der Waals surface area contributed by atoms with Crippen molar-refractivity contribution < 1.29 is 14.4 Å². The Kier molecular flexibility index (Phi) is 5.09. The summed E-state index contributed by atoms with van der Waals surface area (Å²) in [6, 6.07) is 5.83. The highest BCUT2D eigenvalue weighted by molar-refractivity contribution is 5.93. The van der Waals surface area contributed by atoms with E-state index in [1.54, 1.807) is 14.2 Å². The predicted octanol–water partition coefficient (Wildman–Crippen LogP) is 2.76. The molecule has 1 rings (SSSR count). The number of methoxy groups -OCH3 is 1. The average molecular weight is 265 g/mol. The van der Waals surface area contributed by atoms with Crippen LogP contribution in [0.2, 0.25) is 0 Å². The second-order valence-electron chi connectivity index (χ2n) is 5.59. The van der Waals surface area contributed by atoms with Crippen LogP contribution in [0.1, 0.15) is 42.3 Å². The van der Waals surface area contributed by atoms with Gasteiger partial charge in [0, 0.05) is 19.7 Å². The standard InChI is InChI=1S/C15H23NO3/c1-15(2,3)13-8-11(10-18-5)7-12(9-13)14(17)16(4)19-6/h7-9H,10H2,1-6H3. The molecule has 19 heavy (non-hydrogen) atoms. The van der Waals surface area contributed by atoms with Crippen molar-refractivity contribution in [3.63, 3.8) is 0 Å². The van der Waals surface area contributed by atoms with Gasteiger partial charge < -0.3 is 4.74 Å². The third-order valence-electron chi connectivity index (χ3n) is 2.98. The van der Waals surface area contributed by atoms with E-state index in [1.165, 1.54) is 12.2 Å². The predicted molar refractivity (Wildman–Crippen MR) is 75.0 cm³/mol. The Morgan fingerprint density at radius 3 is 2.32 bits per heavy atom. The Morgan fingerprint density at radius 2 is 1.84 bits per heavy atom. The summed E-state index contributed by atoms with van der Waals surface area (Å²) in [5, 5.41) is 1.22. The highest BCUT2D eigenvalue weighted by Crippen LogP contribution is 2.25. The van der Waals surface area contributed by atoms with Crippen molar-refractivity contribution >= 4 is 5.91 Å². The molecular formula is C15H23NO3. The van der Waals surface area contributed by atoms with E-state index in [1.807, 2.05) is 12.1 Å². The Bertz CT molecular complexity index is 449. The van der Waals surface area contributed by atoms with Crippen LogP contribution in [0.3, 0.4) is 0 Å². The maximum Gasteiger partial charge on any atom is 0.277 e. The lowest BCUT2D eigenvalue weighted by Crippen LogP contribution is -2.26. The number of carbonyl (C=O) groups excluding carboxylic acids is 1. The molecule has 0 saturated carbocycles. The van der Waals surface area contributed by atoms with Crippen LogP contribution >= 0.6 is 0 Å². The summed E-state index contributed by atoms with van der Waals surface area (Å²) in [7, 11) is 4.72. The molecule has 0 N–H and O–H groups in total. The summed E-state index contributed by atoms with van der Waals surface area (Å²) in [6.45, 7) is 6.84. The monoisotopic (exact) mass is 265 g/mol. The van der Waals surface area contributed by atoms with Crippen molar-refractivity contribution in [1.29, 1.82) is 0 Å². The number of nitrogens with zero attached hydrogens (tertiary/aromatic N) is 1. The van der Waals surface area contributed by atoms with E-state index in [4.69, 9.17) is 9.57 Å². The molecule has 0 unspecified atom stereocenters. The van der Waals surface area contributed by atoms with Gasteiger partial charge in [0.2, 0.25) is 0 Å². The molecule has 106 valence electrons. The van der Waals surface area contributed by atoms with Gasteiger partial charge in [-0.2, -0.15) is 0 Å². The van der Waals surface area contributed by atoms with Crippen molar-refractivity contribution in [1.82, 2.24) is 5.06 Å². The van der Waals surface area contributed by atoms with Crippen LogP contribution < -0.4 is 0 Å². The van der Waals surface area contributed by atoms with E-state index in [0.717, 1.165) is 11.1 Å². The third kappa shape index (κ3) is 4.04. The Morgan fingerprint density at radius 1 is 1.21 bits per heavy atom. The third-order valence-corrected chi connectivity index (χ3v) is 2.98. The second kappa shape index (κ2) is 6.17. The Hall–Kier alpha value is -1.39. The molecule has 0 aliphatic carbocycles. The van der Waals surface area contributed by atoms with Gasteiger partial charge in [-0.15, -0.1) is 0 Å². The van der Waals surface area contributed by atoms with Gasteiger partial charge >= 0.3 is 0 Å². The fourth-order valence-corrected chi connectivity index (χ4v) is 1.76. The second-order valence-corrected chi connectivity index (χ2v) is 5.59. The van der Waals surface area contributed by atoms with Crippen molar-refractivity contribution in [3.8, 4) is 0 Å². The largest absolute Gasteiger partial charge is 0.380 e. The van der Waals surface area contributed by atoms with Gasteiger partial charge in [0.15, 0.2) is 0 Å². The molecule has 0 fully saturated rings. The SMILES string of the molecule is COCc1cc(C(=O)N(C)OC)cc(C(C)(C)C)c1. The number of hydrogen-bond donors (Lipinski definition) is 0. The lowest BCUT2D eigenvalue weighted by molar-refractivity contribution is -0.0757. The van der Waals surface area contributed by atoms with E-state index < -0.39 is 0 Å². The van der Waals surface area contributed by atoms with E-state index in [9.17, 15) is 4.79 Å². The van der Waals surface area contributed by atoms with Crippen LogP contribution in [0.5, 0.6) is 0 Å². The molecule has 1 aromatic rings. The summed E-state index contributed by atoms with van der Waals surface area (Å²) in [6.07, 6.45) is 0. The Balaban J connectivity index is 3.24. The number of amides is 1. The number of benzene rings is 1. The van der Waals surface area contributed by atoms with Gasteiger partial charge in [-0.3, -0.25) is 9.63 Å². The van der Waals surface area contributed by atoms with Crippen molar-refractivity contribution in [2.24, 2.45) is 0 Å². The summed E-state index contributed by atoms with van der Waals surface area (Å²) in [5.74, 6) is -0.161. The molecule has 0 spiro atoms. The van der Waals surface area contributed by atoms with Gasteiger partial charge in [0.1, 0.15) is 0 Å². The maximum absolute atomic E-state index is 12.2. The molecule has 0 saturated heterocycles. The minimum absolute atomic E-state index is 0.0234. The van der Waals surface area contributed by atoms with Gasteiger partial charge in [0.05, 0.1) is 13.7 Å². The zero-order valence-corrected chi connectivity index (χ0v) is 12.6. The fourth-order valence-electron chi connectivity index (χ4n) is 1.76. The summed E-state index contributed by atoms with van der Waals surface area (Å²) in [5.41, 5.74) is 2.69. The Labute approximate surface area is 115 Å². The maximum atomic E-state index is 12.2. The van der Waals surface area contributed by atoms with Crippen LogP contribution in [0.25, 0.3) is 0 Å². The van der Waals surface area contributed by atoms with E-state index in [0.29, 0.717) is 12.2 Å². The first kappa shape index (κ1) is 15.7. The highest BCUT2D eigenvalue weighted by Gasteiger charge is 2.19. The molecule has 4 heteroatoms. The molecule has 0 heterocycles. The average Bonchev–Trinajstić information content (AvgIpc) is 2.36. The van der Waals surface area contributed by atoms with Crippen molar-refractivity contribution in [2.45, 2.75) is 32.8 Å². The van der Waals surface area contributed by atoms with Crippen LogP contribution in [0.15, 0.2) is 18.2 Å². The first-order chi connectivity index (χ1) is 8.79. The molecule has 0 aromatic heterocycles. The van der Waals surface area contributed by atoms with Gasteiger partial charge in [0.25, 0.3) is 5.91 Å². The minimum atomic E-state index is -0.161. The topological polar surface area (TPSA) is 38.8 Å². The first-order valence-electron chi connectivity index (χ1n) is 6.25. The number of carbonyl (C=O) groups is 1. The smallest absolute Gasteiger partial charge is 0.277 e. The number of hydrogen-bond acceptors (Lipinski definition) is 3. The lowest BCUT2D eigenvalue weighted by atomic mass is 9.85. The van der Waals surface area contributed by atoms with Crippen LogP contribution in [-0.2, 0) is 21.6 Å². The lowest BCUT2D eigenvalue weighted by Gasteiger charge is -2.22. The molecule has 0 radical (unpaired) electrons. The number of ether oxygens (including phenoxy) is 1.